The summed E-state index contributed by atoms with van der Waals surface area (Å²) in [6.45, 7) is 2.01. The molecule has 2 nitrogen and oxygen atoms in total. The molecule has 1 unspecified atom stereocenters. The van der Waals surface area contributed by atoms with Crippen LogP contribution in [0.1, 0.15) is 19.8 Å². The summed E-state index contributed by atoms with van der Waals surface area (Å²) < 4.78 is 0.492. The average molecular weight is 180 g/mol. The van der Waals surface area contributed by atoms with Crippen LogP contribution in [0.15, 0.2) is 0 Å². The average Bonchev–Trinajstić information content (AvgIpc) is 1.67. The Morgan fingerprint density at radius 3 is 2.50 bits per heavy atom. The maximum absolute atomic E-state index is 8.93. The van der Waals surface area contributed by atoms with E-state index in [0.717, 1.165) is 12.8 Å². The minimum atomic E-state index is -0.444. The molecule has 0 bridgehead atoms. The van der Waals surface area contributed by atoms with Crippen molar-refractivity contribution in [1.29, 1.82) is 0 Å². The van der Waals surface area contributed by atoms with E-state index in [1.807, 2.05) is 6.92 Å². The van der Waals surface area contributed by atoms with E-state index in [2.05, 4.69) is 15.6 Å². The van der Waals surface area contributed by atoms with Crippen LogP contribution in [-0.4, -0.2) is 31.3 Å². The van der Waals surface area contributed by atoms with Gasteiger partial charge in [0.2, 0.25) is 0 Å². The molecule has 0 saturated heterocycles. The van der Waals surface area contributed by atoms with E-state index in [9.17, 15) is 0 Å². The van der Waals surface area contributed by atoms with Crippen molar-refractivity contribution in [2.24, 2.45) is 5.73 Å². The third kappa shape index (κ3) is 3.19. The molecule has 0 aliphatic rings. The van der Waals surface area contributed by atoms with Crippen LogP contribution in [0.2, 0.25) is 0 Å². The first-order valence-corrected chi connectivity index (χ1v) is 3.51. The van der Waals surface area contributed by atoms with Crippen LogP contribution in [-0.2, 0) is 0 Å². The van der Waals surface area contributed by atoms with E-state index < -0.39 is 6.10 Å². The molecule has 0 radical (unpaired) electrons. The van der Waals surface area contributed by atoms with Gasteiger partial charge in [0.05, 0.1) is 0 Å². The second-order valence-corrected chi connectivity index (χ2v) is 2.70. The Morgan fingerprint density at radius 1 is 1.88 bits per heavy atom. The van der Waals surface area contributed by atoms with E-state index in [1.165, 1.54) is 0 Å². The van der Waals surface area contributed by atoms with Gasteiger partial charge in [-0.3, -0.25) is 0 Å². The van der Waals surface area contributed by atoms with Crippen molar-refractivity contribution in [2.45, 2.75) is 25.9 Å². The van der Waals surface area contributed by atoms with Crippen LogP contribution >= 0.6 is 0 Å². The molecule has 3 N–H and O–H groups in total. The number of rotatable bonds is 3. The maximum atomic E-state index is 8.93. The third-order valence-corrected chi connectivity index (χ3v) is 1.46. The van der Waals surface area contributed by atoms with Crippen molar-refractivity contribution >= 4 is 20.1 Å². The van der Waals surface area contributed by atoms with Crippen molar-refractivity contribution in [3.05, 3.63) is 0 Å². The van der Waals surface area contributed by atoms with Crippen LogP contribution in [0, 0.1) is 0 Å². The first-order chi connectivity index (χ1) is 3.68. The second-order valence-electron chi connectivity index (χ2n) is 1.71. The van der Waals surface area contributed by atoms with Gasteiger partial charge in [0.15, 0.2) is 0 Å². The molecule has 0 aromatic rings. The summed E-state index contributed by atoms with van der Waals surface area (Å²) >= 11 is 2.57. The van der Waals surface area contributed by atoms with Gasteiger partial charge in [-0.05, 0) is 0 Å². The monoisotopic (exact) mass is 181 g/mol. The van der Waals surface area contributed by atoms with Gasteiger partial charge in [0.25, 0.3) is 0 Å². The number of hydrogen-bond acceptors (Lipinski definition) is 2. The summed E-state index contributed by atoms with van der Waals surface area (Å²) in [6, 6.07) is 0. The van der Waals surface area contributed by atoms with Crippen LogP contribution in [0.25, 0.3) is 0 Å². The van der Waals surface area contributed by atoms with E-state index in [-0.39, 0.29) is 0 Å². The molecule has 48 valence electrons. The number of aliphatic hydroxyl groups excluding tert-OH is 1. The normalized spacial score (nSPS) is 13.2. The van der Waals surface area contributed by atoms with Crippen molar-refractivity contribution in [3.63, 3.8) is 0 Å². The molecule has 0 saturated carbocycles. The Morgan fingerprint density at radius 2 is 2.38 bits per heavy atom. The number of nitrogens with two attached hydrogens (primary N) is 1. The van der Waals surface area contributed by atoms with Gasteiger partial charge in [-0.2, -0.15) is 0 Å². The van der Waals surface area contributed by atoms with Crippen LogP contribution in [0.4, 0.5) is 0 Å². The summed E-state index contributed by atoms with van der Waals surface area (Å²) in [5.74, 6) is 0. The quantitative estimate of drug-likeness (QED) is 0.570. The predicted octanol–water partition coefficient (Wildman–Crippen LogP) is -0.596. The first kappa shape index (κ1) is 8.15. The van der Waals surface area contributed by atoms with Gasteiger partial charge < -0.3 is 0 Å². The zero-order valence-corrected chi connectivity index (χ0v) is 6.64. The molecular formula is C5H11NOSe. The van der Waals surface area contributed by atoms with E-state index >= 15 is 0 Å². The Hall–Kier alpha value is 0.149. The molecule has 0 spiro atoms. The summed E-state index contributed by atoms with van der Waals surface area (Å²) in [4.78, 5) is 0. The topological polar surface area (TPSA) is 46.2 Å². The third-order valence-electron chi connectivity index (χ3n) is 0.891. The summed E-state index contributed by atoms with van der Waals surface area (Å²) in [7, 11) is 0. The fourth-order valence-electron chi connectivity index (χ4n) is 0.416. The van der Waals surface area contributed by atoms with Crippen LogP contribution in [0.3, 0.4) is 0 Å². The standard InChI is InChI=1S/C5H11NOSe/c1-2-3-4(7)5(6)8/h4,7H,2-3H2,1H3,(H2,6,8). The zero-order valence-electron chi connectivity index (χ0n) is 4.92. The molecule has 0 aromatic heterocycles. The fraction of sp³-hybridized carbons (Fsp3) is 0.800. The molecule has 0 amide bonds. The Kier molecular flexibility index (Phi) is 4.15. The molecule has 0 heterocycles. The summed E-state index contributed by atoms with van der Waals surface area (Å²) in [5, 5.41) is 8.93. The molecule has 3 heteroatoms. The molecule has 0 aromatic carbocycles. The Bertz CT molecular complexity index is 84.5. The fourth-order valence-corrected chi connectivity index (χ4v) is 0.663. The molecular weight excluding hydrogens is 169 g/mol. The molecule has 0 fully saturated rings. The van der Waals surface area contributed by atoms with Crippen LogP contribution < -0.4 is 5.73 Å². The second kappa shape index (κ2) is 4.07. The SMILES string of the molecule is CCCC(O)C(N)=[Se]. The van der Waals surface area contributed by atoms with Gasteiger partial charge in [-0.15, -0.1) is 0 Å². The molecule has 1 atom stereocenters. The van der Waals surface area contributed by atoms with E-state index in [0.29, 0.717) is 4.54 Å². The molecule has 0 aliphatic carbocycles. The predicted molar refractivity (Wildman–Crippen MR) is 35.9 cm³/mol. The Labute approximate surface area is 57.4 Å². The van der Waals surface area contributed by atoms with Gasteiger partial charge >= 0.3 is 56.8 Å². The first-order valence-electron chi connectivity index (χ1n) is 2.66. The van der Waals surface area contributed by atoms with Crippen molar-refractivity contribution in [3.8, 4) is 0 Å². The van der Waals surface area contributed by atoms with Gasteiger partial charge in [0, 0.05) is 0 Å². The molecule has 8 heavy (non-hydrogen) atoms. The number of hydrogen-bond donors (Lipinski definition) is 2. The van der Waals surface area contributed by atoms with Gasteiger partial charge in [-0.25, -0.2) is 0 Å². The van der Waals surface area contributed by atoms with Crippen molar-refractivity contribution in [1.82, 2.24) is 0 Å². The van der Waals surface area contributed by atoms with Gasteiger partial charge in [0.1, 0.15) is 0 Å². The Balaban J connectivity index is 3.32. The molecule has 0 aliphatic heterocycles. The van der Waals surface area contributed by atoms with Crippen LogP contribution in [0.5, 0.6) is 0 Å². The minimum absolute atomic E-state index is 0.444. The van der Waals surface area contributed by atoms with E-state index in [4.69, 9.17) is 10.8 Å². The summed E-state index contributed by atoms with van der Waals surface area (Å²) in [6.07, 6.45) is 1.27. The van der Waals surface area contributed by atoms with E-state index in [1.54, 1.807) is 0 Å². The van der Waals surface area contributed by atoms with Crippen molar-refractivity contribution < 1.29 is 5.11 Å². The number of aliphatic hydroxyl groups is 1. The van der Waals surface area contributed by atoms with Gasteiger partial charge in [-0.1, -0.05) is 0 Å². The molecule has 0 rings (SSSR count). The van der Waals surface area contributed by atoms with Crippen molar-refractivity contribution in [2.75, 3.05) is 0 Å². The summed E-state index contributed by atoms with van der Waals surface area (Å²) in [5.41, 5.74) is 5.23. The zero-order chi connectivity index (χ0) is 6.57.